The van der Waals surface area contributed by atoms with Gasteiger partial charge in [-0.1, -0.05) is 48.9 Å². The summed E-state index contributed by atoms with van der Waals surface area (Å²) in [6.45, 7) is 6.41. The highest BCUT2D eigenvalue weighted by molar-refractivity contribution is 5.29. The van der Waals surface area contributed by atoms with E-state index in [1.54, 1.807) is 0 Å². The molecular formula is C22H30N2O. The first-order valence-corrected chi connectivity index (χ1v) is 9.59. The van der Waals surface area contributed by atoms with Crippen molar-refractivity contribution in [2.75, 3.05) is 26.2 Å². The molecule has 3 rings (SSSR count). The third kappa shape index (κ3) is 6.52. The number of nitrogens with one attached hydrogen (secondary N) is 1. The fourth-order valence-corrected chi connectivity index (χ4v) is 3.33. The van der Waals surface area contributed by atoms with Gasteiger partial charge in [-0.2, -0.15) is 0 Å². The molecule has 3 nitrogen and oxygen atoms in total. The van der Waals surface area contributed by atoms with E-state index in [-0.39, 0.29) is 0 Å². The summed E-state index contributed by atoms with van der Waals surface area (Å²) in [5, 5.41) is 3.56. The lowest BCUT2D eigenvalue weighted by Gasteiger charge is -2.26. The minimum absolute atomic E-state index is 0.619. The minimum atomic E-state index is 0.619. The molecule has 0 aliphatic carbocycles. The van der Waals surface area contributed by atoms with Crippen LogP contribution in [0.4, 0.5) is 0 Å². The van der Waals surface area contributed by atoms with Gasteiger partial charge in [0.25, 0.3) is 0 Å². The second-order valence-corrected chi connectivity index (χ2v) is 6.85. The molecule has 0 spiro atoms. The number of benzene rings is 2. The maximum Gasteiger partial charge on any atom is 0.120 e. The van der Waals surface area contributed by atoms with Crippen molar-refractivity contribution in [3.05, 3.63) is 65.7 Å². The van der Waals surface area contributed by atoms with E-state index in [1.807, 2.05) is 24.3 Å². The Kier molecular flexibility index (Phi) is 7.34. The van der Waals surface area contributed by atoms with E-state index in [2.05, 4.69) is 40.5 Å². The van der Waals surface area contributed by atoms with Crippen LogP contribution in [-0.4, -0.2) is 31.1 Å². The van der Waals surface area contributed by atoms with Crippen molar-refractivity contribution in [3.63, 3.8) is 0 Å². The Labute approximate surface area is 152 Å². The zero-order valence-corrected chi connectivity index (χ0v) is 15.1. The van der Waals surface area contributed by atoms with Gasteiger partial charge in [-0.25, -0.2) is 0 Å². The fourth-order valence-electron chi connectivity index (χ4n) is 3.33. The van der Waals surface area contributed by atoms with Gasteiger partial charge in [0.15, 0.2) is 0 Å². The molecular weight excluding hydrogens is 308 g/mol. The van der Waals surface area contributed by atoms with E-state index in [0.29, 0.717) is 6.61 Å². The lowest BCUT2D eigenvalue weighted by atomic mass is 10.1. The Balaban J connectivity index is 1.35. The summed E-state index contributed by atoms with van der Waals surface area (Å²) in [6, 6.07) is 18.7. The van der Waals surface area contributed by atoms with Crippen molar-refractivity contribution in [1.82, 2.24) is 10.2 Å². The van der Waals surface area contributed by atoms with Crippen LogP contribution >= 0.6 is 0 Å². The molecule has 1 heterocycles. The third-order valence-corrected chi connectivity index (χ3v) is 4.75. The number of hydrogen-bond donors (Lipinski definition) is 1. The molecule has 0 saturated carbocycles. The van der Waals surface area contributed by atoms with E-state index >= 15 is 0 Å². The first-order valence-electron chi connectivity index (χ1n) is 9.59. The topological polar surface area (TPSA) is 24.5 Å². The summed E-state index contributed by atoms with van der Waals surface area (Å²) >= 11 is 0. The zero-order valence-electron chi connectivity index (χ0n) is 15.1. The van der Waals surface area contributed by atoms with E-state index in [9.17, 15) is 0 Å². The molecule has 3 heteroatoms. The van der Waals surface area contributed by atoms with Gasteiger partial charge in [0.1, 0.15) is 12.4 Å². The first kappa shape index (κ1) is 18.0. The smallest absolute Gasteiger partial charge is 0.120 e. The lowest BCUT2D eigenvalue weighted by Crippen LogP contribution is -2.32. The van der Waals surface area contributed by atoms with Gasteiger partial charge in [0.05, 0.1) is 0 Å². The van der Waals surface area contributed by atoms with Crippen molar-refractivity contribution in [2.24, 2.45) is 0 Å². The molecule has 25 heavy (non-hydrogen) atoms. The molecule has 0 unspecified atom stereocenters. The lowest BCUT2D eigenvalue weighted by molar-refractivity contribution is 0.225. The Morgan fingerprint density at radius 2 is 1.68 bits per heavy atom. The van der Waals surface area contributed by atoms with Crippen LogP contribution in [0.25, 0.3) is 0 Å². The molecule has 1 aliphatic rings. The van der Waals surface area contributed by atoms with Crippen molar-refractivity contribution < 1.29 is 4.74 Å². The third-order valence-electron chi connectivity index (χ3n) is 4.75. The monoisotopic (exact) mass is 338 g/mol. The van der Waals surface area contributed by atoms with Crippen molar-refractivity contribution >= 4 is 0 Å². The number of hydrogen-bond acceptors (Lipinski definition) is 3. The molecule has 1 fully saturated rings. The van der Waals surface area contributed by atoms with Gasteiger partial charge < -0.3 is 15.0 Å². The first-order chi connectivity index (χ1) is 12.4. The quantitative estimate of drug-likeness (QED) is 0.693. The largest absolute Gasteiger partial charge is 0.489 e. The maximum atomic E-state index is 5.91. The highest BCUT2D eigenvalue weighted by Crippen LogP contribution is 2.15. The van der Waals surface area contributed by atoms with Crippen LogP contribution in [0.1, 0.15) is 36.8 Å². The predicted octanol–water partition coefficient (Wildman–Crippen LogP) is 4.23. The summed E-state index contributed by atoms with van der Waals surface area (Å²) in [5.74, 6) is 0.941. The molecule has 0 radical (unpaired) electrons. The van der Waals surface area contributed by atoms with Crippen LogP contribution in [-0.2, 0) is 13.2 Å². The number of piperidine rings is 1. The number of rotatable bonds is 9. The summed E-state index contributed by atoms with van der Waals surface area (Å²) in [6.07, 6.45) is 5.40. The highest BCUT2D eigenvalue weighted by Gasteiger charge is 2.08. The summed E-state index contributed by atoms with van der Waals surface area (Å²) < 4.78 is 5.91. The van der Waals surface area contributed by atoms with E-state index in [4.69, 9.17) is 4.74 Å². The van der Waals surface area contributed by atoms with Gasteiger partial charge in [0, 0.05) is 6.54 Å². The van der Waals surface area contributed by atoms with E-state index in [0.717, 1.165) is 18.8 Å². The van der Waals surface area contributed by atoms with Crippen molar-refractivity contribution in [1.29, 1.82) is 0 Å². The highest BCUT2D eigenvalue weighted by atomic mass is 16.5. The SMILES string of the molecule is c1ccc(COc2cccc(CNCCCN3CCCCC3)c2)cc1. The number of nitrogens with zero attached hydrogens (tertiary/aromatic N) is 1. The van der Waals surface area contributed by atoms with E-state index in [1.165, 1.54) is 56.4 Å². The van der Waals surface area contributed by atoms with Crippen LogP contribution < -0.4 is 10.1 Å². The van der Waals surface area contributed by atoms with Crippen LogP contribution in [0.2, 0.25) is 0 Å². The fraction of sp³-hybridized carbons (Fsp3) is 0.455. The van der Waals surface area contributed by atoms with Gasteiger partial charge in [0.2, 0.25) is 0 Å². The Hall–Kier alpha value is -1.84. The molecule has 0 atom stereocenters. The molecule has 0 bridgehead atoms. The summed E-state index contributed by atoms with van der Waals surface area (Å²) in [7, 11) is 0. The molecule has 1 saturated heterocycles. The summed E-state index contributed by atoms with van der Waals surface area (Å²) in [5.41, 5.74) is 2.48. The summed E-state index contributed by atoms with van der Waals surface area (Å²) in [4.78, 5) is 2.60. The molecule has 2 aromatic carbocycles. The van der Waals surface area contributed by atoms with Crippen molar-refractivity contribution in [3.8, 4) is 5.75 Å². The second kappa shape index (κ2) is 10.2. The number of ether oxygens (including phenoxy) is 1. The van der Waals surface area contributed by atoms with Crippen LogP contribution in [0.5, 0.6) is 5.75 Å². The van der Waals surface area contributed by atoms with Gasteiger partial charge >= 0.3 is 0 Å². The van der Waals surface area contributed by atoms with Crippen LogP contribution in [0.3, 0.4) is 0 Å². The zero-order chi connectivity index (χ0) is 17.2. The molecule has 1 N–H and O–H groups in total. The van der Waals surface area contributed by atoms with Gasteiger partial charge in [-0.05, 0) is 68.7 Å². The molecule has 134 valence electrons. The normalized spacial score (nSPS) is 15.2. The Morgan fingerprint density at radius 3 is 2.52 bits per heavy atom. The predicted molar refractivity (Wildman–Crippen MR) is 104 cm³/mol. The Morgan fingerprint density at radius 1 is 0.880 bits per heavy atom. The maximum absolute atomic E-state index is 5.91. The van der Waals surface area contributed by atoms with Crippen LogP contribution in [0, 0.1) is 0 Å². The average molecular weight is 338 g/mol. The van der Waals surface area contributed by atoms with Crippen LogP contribution in [0.15, 0.2) is 54.6 Å². The van der Waals surface area contributed by atoms with Gasteiger partial charge in [-0.15, -0.1) is 0 Å². The molecule has 2 aromatic rings. The van der Waals surface area contributed by atoms with E-state index < -0.39 is 0 Å². The minimum Gasteiger partial charge on any atom is -0.489 e. The second-order valence-electron chi connectivity index (χ2n) is 6.85. The van der Waals surface area contributed by atoms with Gasteiger partial charge in [-0.3, -0.25) is 0 Å². The Bertz CT molecular complexity index is 608. The average Bonchev–Trinajstić information content (AvgIpc) is 2.68. The molecule has 0 aromatic heterocycles. The van der Waals surface area contributed by atoms with Crippen molar-refractivity contribution in [2.45, 2.75) is 38.8 Å². The molecule has 0 amide bonds. The standard InChI is InChI=1S/C22H30N2O/c1-3-9-20(10-4-1)19-25-22-12-7-11-21(17-22)18-23-13-8-16-24-14-5-2-6-15-24/h1,3-4,7,9-12,17,23H,2,5-6,8,13-16,18-19H2. The number of likely N-dealkylation sites (tertiary alicyclic amines) is 1. The molecule has 1 aliphatic heterocycles.